The Balaban J connectivity index is 1.33. The van der Waals surface area contributed by atoms with Gasteiger partial charge in [0.05, 0.1) is 18.5 Å². The smallest absolute Gasteiger partial charge is 0.409 e. The van der Waals surface area contributed by atoms with E-state index in [1.165, 1.54) is 11.3 Å². The van der Waals surface area contributed by atoms with Crippen molar-refractivity contribution < 1.29 is 14.3 Å². The Morgan fingerprint density at radius 2 is 1.93 bits per heavy atom. The quantitative estimate of drug-likeness (QED) is 0.862. The van der Waals surface area contributed by atoms with Crippen LogP contribution in [-0.4, -0.2) is 54.2 Å². The van der Waals surface area contributed by atoms with E-state index in [1.54, 1.807) is 24.1 Å². The molecule has 1 fully saturated rings. The molecular weight excluding hydrogens is 368 g/mol. The number of piperidine rings is 1. The second-order valence-corrected chi connectivity index (χ2v) is 7.37. The van der Waals surface area contributed by atoms with Crippen molar-refractivity contribution in [2.45, 2.75) is 32.2 Å². The van der Waals surface area contributed by atoms with Crippen molar-refractivity contribution in [1.82, 2.24) is 15.2 Å². The van der Waals surface area contributed by atoms with Gasteiger partial charge in [0.25, 0.3) is 5.91 Å². The molecule has 7 nitrogen and oxygen atoms in total. The maximum Gasteiger partial charge on any atom is 0.409 e. The zero-order valence-electron chi connectivity index (χ0n) is 16.6. The lowest BCUT2D eigenvalue weighted by Crippen LogP contribution is -2.46. The maximum atomic E-state index is 12.6. The highest BCUT2D eigenvalue weighted by atomic mass is 16.6. The molecule has 1 aromatic carbocycles. The number of amides is 2. The highest BCUT2D eigenvalue weighted by molar-refractivity contribution is 5.92. The molecular formula is C22H26N4O3. The Morgan fingerprint density at radius 3 is 2.66 bits per heavy atom. The van der Waals surface area contributed by atoms with Crippen LogP contribution in [-0.2, 0) is 11.2 Å². The summed E-state index contributed by atoms with van der Waals surface area (Å²) in [5.41, 5.74) is 3.95. The number of ether oxygens (including phenoxy) is 1. The van der Waals surface area contributed by atoms with Crippen molar-refractivity contribution in [2.24, 2.45) is 0 Å². The lowest BCUT2D eigenvalue weighted by molar-refractivity contribution is 0.0856. The van der Waals surface area contributed by atoms with Crippen molar-refractivity contribution in [1.29, 1.82) is 0 Å². The second-order valence-electron chi connectivity index (χ2n) is 7.37. The van der Waals surface area contributed by atoms with Gasteiger partial charge in [0, 0.05) is 31.4 Å². The Morgan fingerprint density at radius 1 is 1.14 bits per heavy atom. The first-order valence-electron chi connectivity index (χ1n) is 10.2. The first kappa shape index (κ1) is 19.2. The summed E-state index contributed by atoms with van der Waals surface area (Å²) in [6.45, 7) is 4.27. The average Bonchev–Trinajstić information content (AvgIpc) is 3.19. The van der Waals surface area contributed by atoms with Crippen molar-refractivity contribution in [3.63, 3.8) is 0 Å². The van der Waals surface area contributed by atoms with Crippen LogP contribution in [0.25, 0.3) is 0 Å². The molecule has 2 aliphatic rings. The lowest BCUT2D eigenvalue weighted by atomic mass is 10.1. The number of fused-ring (bicyclic) bond motifs is 1. The van der Waals surface area contributed by atoms with E-state index in [1.807, 2.05) is 12.1 Å². The predicted octanol–water partition coefficient (Wildman–Crippen LogP) is 3.13. The summed E-state index contributed by atoms with van der Waals surface area (Å²) in [5.74, 6) is -0.173. The normalized spacial score (nSPS) is 16.4. The van der Waals surface area contributed by atoms with Crippen molar-refractivity contribution in [3.05, 3.63) is 53.9 Å². The van der Waals surface area contributed by atoms with E-state index in [9.17, 15) is 9.59 Å². The molecule has 2 aliphatic heterocycles. The molecule has 0 saturated carbocycles. The van der Waals surface area contributed by atoms with Crippen LogP contribution in [0, 0.1) is 0 Å². The number of rotatable bonds is 4. The fourth-order valence-corrected chi connectivity index (χ4v) is 3.97. The van der Waals surface area contributed by atoms with E-state index >= 15 is 0 Å². The minimum absolute atomic E-state index is 0.0418. The summed E-state index contributed by atoms with van der Waals surface area (Å²) in [7, 11) is 0. The molecule has 3 heterocycles. The van der Waals surface area contributed by atoms with Gasteiger partial charge in [0.1, 0.15) is 5.69 Å². The van der Waals surface area contributed by atoms with Crippen LogP contribution >= 0.6 is 0 Å². The molecule has 0 radical (unpaired) electrons. The summed E-state index contributed by atoms with van der Waals surface area (Å²) in [5, 5.41) is 3.04. The highest BCUT2D eigenvalue weighted by Crippen LogP contribution is 2.33. The van der Waals surface area contributed by atoms with Gasteiger partial charge in [-0.25, -0.2) is 9.78 Å². The van der Waals surface area contributed by atoms with Crippen LogP contribution in [0.1, 0.15) is 35.8 Å². The topological polar surface area (TPSA) is 74.8 Å². The van der Waals surface area contributed by atoms with Crippen LogP contribution in [0.15, 0.2) is 42.6 Å². The first-order valence-corrected chi connectivity index (χ1v) is 10.2. The summed E-state index contributed by atoms with van der Waals surface area (Å²) in [6.07, 6.45) is 3.93. The molecule has 152 valence electrons. The SMILES string of the molecule is CCOC(=O)N1CCC(NC(=O)c2ccc(N3CCc4ccccc43)cn2)CC1. The van der Waals surface area contributed by atoms with Gasteiger partial charge in [0.2, 0.25) is 0 Å². The van der Waals surface area contributed by atoms with Crippen LogP contribution < -0.4 is 10.2 Å². The third-order valence-electron chi connectivity index (χ3n) is 5.54. The molecule has 0 bridgehead atoms. The van der Waals surface area contributed by atoms with Crippen molar-refractivity contribution >= 4 is 23.4 Å². The molecule has 0 atom stereocenters. The third kappa shape index (κ3) is 4.18. The molecule has 0 unspecified atom stereocenters. The number of pyridine rings is 1. The van der Waals surface area contributed by atoms with Crippen LogP contribution in [0.4, 0.5) is 16.2 Å². The number of anilines is 2. The fourth-order valence-electron chi connectivity index (χ4n) is 3.97. The molecule has 4 rings (SSSR count). The first-order chi connectivity index (χ1) is 14.2. The number of hydrogen-bond donors (Lipinski definition) is 1. The maximum absolute atomic E-state index is 12.6. The minimum atomic E-state index is -0.280. The molecule has 2 aromatic rings. The van der Waals surface area contributed by atoms with E-state index in [0.717, 1.165) is 18.7 Å². The molecule has 1 N–H and O–H groups in total. The fraction of sp³-hybridized carbons (Fsp3) is 0.409. The second kappa shape index (κ2) is 8.51. The number of aromatic nitrogens is 1. The zero-order chi connectivity index (χ0) is 20.2. The number of nitrogens with zero attached hydrogens (tertiary/aromatic N) is 3. The third-order valence-corrected chi connectivity index (χ3v) is 5.54. The van der Waals surface area contributed by atoms with Crippen molar-refractivity contribution in [2.75, 3.05) is 31.1 Å². The van der Waals surface area contributed by atoms with Crippen LogP contribution in [0.3, 0.4) is 0 Å². The summed E-state index contributed by atoms with van der Waals surface area (Å²) in [4.78, 5) is 32.6. The van der Waals surface area contributed by atoms with Gasteiger partial charge in [-0.05, 0) is 49.9 Å². The minimum Gasteiger partial charge on any atom is -0.450 e. The largest absolute Gasteiger partial charge is 0.450 e. The Labute approximate surface area is 170 Å². The van der Waals surface area contributed by atoms with Crippen LogP contribution in [0.2, 0.25) is 0 Å². The Bertz CT molecular complexity index is 876. The lowest BCUT2D eigenvalue weighted by Gasteiger charge is -2.31. The molecule has 1 aromatic heterocycles. The number of likely N-dealkylation sites (tertiary alicyclic amines) is 1. The molecule has 0 spiro atoms. The number of para-hydroxylation sites is 1. The summed E-state index contributed by atoms with van der Waals surface area (Å²) < 4.78 is 5.03. The van der Waals surface area contributed by atoms with E-state index in [2.05, 4.69) is 33.4 Å². The Kier molecular flexibility index (Phi) is 5.64. The molecule has 2 amide bonds. The van der Waals surface area contributed by atoms with Crippen LogP contribution in [0.5, 0.6) is 0 Å². The highest BCUT2D eigenvalue weighted by Gasteiger charge is 2.25. The average molecular weight is 394 g/mol. The zero-order valence-corrected chi connectivity index (χ0v) is 16.6. The summed E-state index contributed by atoms with van der Waals surface area (Å²) in [6, 6.07) is 12.1. The number of nitrogens with one attached hydrogen (secondary N) is 1. The molecule has 1 saturated heterocycles. The number of carbonyl (C=O) groups is 2. The van der Waals surface area contributed by atoms with E-state index in [0.29, 0.717) is 38.2 Å². The monoisotopic (exact) mass is 394 g/mol. The van der Waals surface area contributed by atoms with Gasteiger partial charge in [-0.2, -0.15) is 0 Å². The number of carbonyl (C=O) groups excluding carboxylic acids is 2. The van der Waals surface area contributed by atoms with Crippen molar-refractivity contribution in [3.8, 4) is 0 Å². The van der Waals surface area contributed by atoms with E-state index in [-0.39, 0.29) is 18.0 Å². The molecule has 29 heavy (non-hydrogen) atoms. The van der Waals surface area contributed by atoms with Gasteiger partial charge in [0.15, 0.2) is 0 Å². The van der Waals surface area contributed by atoms with Gasteiger partial charge in [-0.15, -0.1) is 0 Å². The number of hydrogen-bond acceptors (Lipinski definition) is 5. The van der Waals surface area contributed by atoms with Gasteiger partial charge < -0.3 is 19.9 Å². The van der Waals surface area contributed by atoms with Gasteiger partial charge >= 0.3 is 6.09 Å². The predicted molar refractivity (Wildman–Crippen MR) is 110 cm³/mol. The summed E-state index contributed by atoms with van der Waals surface area (Å²) >= 11 is 0. The Hall–Kier alpha value is -3.09. The van der Waals surface area contributed by atoms with Gasteiger partial charge in [-0.3, -0.25) is 4.79 Å². The van der Waals surface area contributed by atoms with E-state index < -0.39 is 0 Å². The standard InChI is InChI=1S/C22H26N4O3/c1-2-29-22(28)25-12-10-17(11-13-25)24-21(27)19-8-7-18(15-23-19)26-14-9-16-5-3-4-6-20(16)26/h3-8,15,17H,2,9-14H2,1H3,(H,24,27). The van der Waals surface area contributed by atoms with E-state index in [4.69, 9.17) is 4.74 Å². The molecule has 7 heteroatoms. The molecule has 0 aliphatic carbocycles. The number of benzene rings is 1. The van der Waals surface area contributed by atoms with Gasteiger partial charge in [-0.1, -0.05) is 18.2 Å².